The van der Waals surface area contributed by atoms with Crippen molar-refractivity contribution in [2.45, 2.75) is 55.5 Å². The second-order valence-electron chi connectivity index (χ2n) is 5.35. The lowest BCUT2D eigenvalue weighted by atomic mass is 9.92. The minimum Gasteiger partial charge on any atom is -0.297 e. The first-order valence-electron chi connectivity index (χ1n) is 7.25. The Morgan fingerprint density at radius 1 is 1.45 bits per heavy atom. The van der Waals surface area contributed by atoms with Crippen LogP contribution in [0, 0.1) is 17.1 Å². The Kier molecular flexibility index (Phi) is 5.45. The van der Waals surface area contributed by atoms with Gasteiger partial charge in [0, 0.05) is 10.9 Å². The summed E-state index contributed by atoms with van der Waals surface area (Å²) in [4.78, 5) is 0.696. The average molecular weight is 292 g/mol. The fourth-order valence-electron chi connectivity index (χ4n) is 2.25. The quantitative estimate of drug-likeness (QED) is 0.578. The van der Waals surface area contributed by atoms with Gasteiger partial charge < -0.3 is 0 Å². The van der Waals surface area contributed by atoms with Crippen molar-refractivity contribution < 1.29 is 4.39 Å². The highest BCUT2D eigenvalue weighted by atomic mass is 32.2. The molecule has 1 fully saturated rings. The van der Waals surface area contributed by atoms with Gasteiger partial charge in [0.2, 0.25) is 0 Å². The largest absolute Gasteiger partial charge is 0.297 e. The van der Waals surface area contributed by atoms with E-state index in [1.54, 1.807) is 12.1 Å². The number of benzene rings is 1. The molecule has 1 aliphatic rings. The first-order chi connectivity index (χ1) is 9.69. The zero-order chi connectivity index (χ0) is 14.4. The normalized spacial score (nSPS) is 17.4. The highest BCUT2D eigenvalue weighted by Gasteiger charge is 2.34. The van der Waals surface area contributed by atoms with E-state index in [0.717, 1.165) is 25.0 Å². The highest BCUT2D eigenvalue weighted by molar-refractivity contribution is 7.99. The van der Waals surface area contributed by atoms with Crippen LogP contribution in [0.3, 0.4) is 0 Å². The molecule has 0 amide bonds. The van der Waals surface area contributed by atoms with Gasteiger partial charge in [0.05, 0.1) is 6.07 Å². The summed E-state index contributed by atoms with van der Waals surface area (Å²) in [5.74, 6) is 0.687. The molecule has 1 saturated carbocycles. The fraction of sp³-hybridized carbons (Fsp3) is 0.562. The summed E-state index contributed by atoms with van der Waals surface area (Å²) >= 11 is 1.53. The van der Waals surface area contributed by atoms with Crippen molar-refractivity contribution in [3.63, 3.8) is 0 Å². The van der Waals surface area contributed by atoms with Crippen molar-refractivity contribution in [3.05, 3.63) is 30.1 Å². The lowest BCUT2D eigenvalue weighted by Gasteiger charge is -2.26. The van der Waals surface area contributed by atoms with Crippen molar-refractivity contribution in [1.29, 1.82) is 5.26 Å². The molecule has 0 saturated heterocycles. The molecule has 20 heavy (non-hydrogen) atoms. The van der Waals surface area contributed by atoms with Gasteiger partial charge in [0.15, 0.2) is 0 Å². The van der Waals surface area contributed by atoms with Crippen LogP contribution in [-0.4, -0.2) is 17.3 Å². The van der Waals surface area contributed by atoms with E-state index in [1.807, 2.05) is 6.07 Å². The highest BCUT2D eigenvalue weighted by Crippen LogP contribution is 2.28. The Morgan fingerprint density at radius 3 is 2.80 bits per heavy atom. The summed E-state index contributed by atoms with van der Waals surface area (Å²) in [6.45, 7) is 2.06. The Balaban J connectivity index is 1.79. The van der Waals surface area contributed by atoms with Crippen LogP contribution in [0.1, 0.15) is 39.0 Å². The first-order valence-corrected chi connectivity index (χ1v) is 8.24. The van der Waals surface area contributed by atoms with Crippen LogP contribution >= 0.6 is 11.8 Å². The van der Waals surface area contributed by atoms with Crippen molar-refractivity contribution in [1.82, 2.24) is 5.32 Å². The van der Waals surface area contributed by atoms with Gasteiger partial charge in [-0.15, -0.1) is 11.8 Å². The average Bonchev–Trinajstić information content (AvgIpc) is 3.28. The van der Waals surface area contributed by atoms with E-state index >= 15 is 0 Å². The van der Waals surface area contributed by atoms with Gasteiger partial charge in [-0.05, 0) is 50.0 Å². The van der Waals surface area contributed by atoms with E-state index in [0.29, 0.717) is 10.9 Å². The maximum absolute atomic E-state index is 13.5. The van der Waals surface area contributed by atoms with E-state index in [2.05, 4.69) is 18.3 Å². The smallest absolute Gasteiger partial charge is 0.136 e. The van der Waals surface area contributed by atoms with Gasteiger partial charge in [-0.2, -0.15) is 5.26 Å². The van der Waals surface area contributed by atoms with Crippen molar-refractivity contribution in [2.24, 2.45) is 0 Å². The van der Waals surface area contributed by atoms with Crippen LogP contribution in [0.4, 0.5) is 4.39 Å². The van der Waals surface area contributed by atoms with Gasteiger partial charge in [-0.3, -0.25) is 5.32 Å². The van der Waals surface area contributed by atoms with Gasteiger partial charge in [0.25, 0.3) is 0 Å². The maximum atomic E-state index is 13.5. The molecule has 4 heteroatoms. The molecule has 1 N–H and O–H groups in total. The van der Waals surface area contributed by atoms with E-state index in [1.165, 1.54) is 30.7 Å². The van der Waals surface area contributed by atoms with Crippen LogP contribution < -0.4 is 5.32 Å². The molecule has 1 aromatic rings. The molecular formula is C16H21FN2S. The minimum atomic E-state index is -0.392. The van der Waals surface area contributed by atoms with Gasteiger partial charge in [-0.1, -0.05) is 19.1 Å². The third-order valence-corrected chi connectivity index (χ3v) is 4.85. The Morgan fingerprint density at radius 2 is 2.20 bits per heavy atom. The SMILES string of the molecule is CCC(C#N)(CCCSc1ccccc1F)NC1CC1. The predicted octanol–water partition coefficient (Wildman–Crippen LogP) is 4.12. The Labute approximate surface area is 124 Å². The van der Waals surface area contributed by atoms with Crippen molar-refractivity contribution in [2.75, 3.05) is 5.75 Å². The van der Waals surface area contributed by atoms with Crippen LogP contribution in [0.5, 0.6) is 0 Å². The monoisotopic (exact) mass is 292 g/mol. The molecule has 2 rings (SSSR count). The predicted molar refractivity (Wildman–Crippen MR) is 81.2 cm³/mol. The van der Waals surface area contributed by atoms with Gasteiger partial charge in [0.1, 0.15) is 11.4 Å². The summed E-state index contributed by atoms with van der Waals surface area (Å²) < 4.78 is 13.5. The van der Waals surface area contributed by atoms with E-state index in [9.17, 15) is 9.65 Å². The zero-order valence-corrected chi connectivity index (χ0v) is 12.7. The molecule has 0 aliphatic heterocycles. The third kappa shape index (κ3) is 4.22. The molecule has 1 aliphatic carbocycles. The number of hydrogen-bond donors (Lipinski definition) is 1. The second-order valence-corrected chi connectivity index (χ2v) is 6.49. The molecule has 1 unspecified atom stereocenters. The minimum absolute atomic E-state index is 0.157. The Hall–Kier alpha value is -1.05. The molecule has 1 atom stereocenters. The molecule has 2 nitrogen and oxygen atoms in total. The van der Waals surface area contributed by atoms with E-state index in [4.69, 9.17) is 0 Å². The van der Waals surface area contributed by atoms with Crippen LogP contribution in [0.25, 0.3) is 0 Å². The fourth-order valence-corrected chi connectivity index (χ4v) is 3.14. The van der Waals surface area contributed by atoms with Gasteiger partial charge in [-0.25, -0.2) is 4.39 Å². The van der Waals surface area contributed by atoms with E-state index in [-0.39, 0.29) is 5.82 Å². The molecule has 0 bridgehead atoms. The molecule has 0 spiro atoms. The zero-order valence-electron chi connectivity index (χ0n) is 11.9. The summed E-state index contributed by atoms with van der Waals surface area (Å²) in [6, 6.07) is 9.84. The molecule has 0 radical (unpaired) electrons. The number of nitriles is 1. The van der Waals surface area contributed by atoms with Crippen molar-refractivity contribution >= 4 is 11.8 Å². The Bertz CT molecular complexity index is 482. The maximum Gasteiger partial charge on any atom is 0.136 e. The van der Waals surface area contributed by atoms with Crippen LogP contribution in [-0.2, 0) is 0 Å². The lowest BCUT2D eigenvalue weighted by Crippen LogP contribution is -2.44. The molecule has 1 aromatic carbocycles. The number of hydrogen-bond acceptors (Lipinski definition) is 3. The topological polar surface area (TPSA) is 35.8 Å². The summed E-state index contributed by atoms with van der Waals surface area (Å²) in [7, 11) is 0. The standard InChI is InChI=1S/C16H21FN2S/c1-2-16(12-18,19-13-8-9-13)10-5-11-20-15-7-4-3-6-14(15)17/h3-4,6-7,13,19H,2,5,8-11H2,1H3. The lowest BCUT2D eigenvalue weighted by molar-refractivity contribution is 0.367. The third-order valence-electron chi connectivity index (χ3n) is 3.72. The van der Waals surface area contributed by atoms with Gasteiger partial charge >= 0.3 is 0 Å². The summed E-state index contributed by atoms with van der Waals surface area (Å²) in [5.41, 5.74) is -0.392. The van der Waals surface area contributed by atoms with Crippen molar-refractivity contribution in [3.8, 4) is 6.07 Å². The molecule has 0 heterocycles. The molecule has 0 aromatic heterocycles. The molecular weight excluding hydrogens is 271 g/mol. The van der Waals surface area contributed by atoms with E-state index < -0.39 is 5.54 Å². The second kappa shape index (κ2) is 7.10. The number of thioether (sulfide) groups is 1. The number of rotatable bonds is 8. The number of nitrogens with one attached hydrogen (secondary N) is 1. The first kappa shape index (κ1) is 15.3. The number of nitrogens with zero attached hydrogens (tertiary/aromatic N) is 1. The molecule has 108 valence electrons. The summed E-state index contributed by atoms with van der Waals surface area (Å²) in [6.07, 6.45) is 4.95. The van der Waals surface area contributed by atoms with Crippen LogP contribution in [0.2, 0.25) is 0 Å². The number of halogens is 1. The summed E-state index contributed by atoms with van der Waals surface area (Å²) in [5, 5.41) is 12.9. The van der Waals surface area contributed by atoms with Crippen LogP contribution in [0.15, 0.2) is 29.2 Å².